The number of carbonyl (C=O) groups is 1. The molecule has 0 radical (unpaired) electrons. The predicted molar refractivity (Wildman–Crippen MR) is 104 cm³/mol. The minimum Gasteiger partial charge on any atom is -0.340 e. The summed E-state index contributed by atoms with van der Waals surface area (Å²) in [6.45, 7) is 3.54. The first-order valence-electron chi connectivity index (χ1n) is 9.32. The summed E-state index contributed by atoms with van der Waals surface area (Å²) in [5, 5.41) is 4.39. The third-order valence-corrected chi connectivity index (χ3v) is 5.17. The number of hydrogen-bond donors (Lipinski definition) is 0. The lowest BCUT2D eigenvalue weighted by Crippen LogP contribution is -2.47. The Morgan fingerprint density at radius 1 is 1.11 bits per heavy atom. The number of nitrogens with zero attached hydrogens (tertiary/aromatic N) is 5. The van der Waals surface area contributed by atoms with Gasteiger partial charge in [-0.2, -0.15) is 5.10 Å². The van der Waals surface area contributed by atoms with E-state index in [0.29, 0.717) is 24.2 Å². The number of hydrogen-bond acceptors (Lipinski definition) is 4. The molecule has 0 saturated carbocycles. The summed E-state index contributed by atoms with van der Waals surface area (Å²) in [6, 6.07) is 7.67. The van der Waals surface area contributed by atoms with Crippen LogP contribution in [0.3, 0.4) is 0 Å². The molecule has 146 valence electrons. The van der Waals surface area contributed by atoms with Crippen molar-refractivity contribution in [2.45, 2.75) is 13.0 Å². The van der Waals surface area contributed by atoms with E-state index in [1.54, 1.807) is 35.2 Å². The van der Waals surface area contributed by atoms with Gasteiger partial charge in [-0.25, -0.2) is 8.91 Å². The van der Waals surface area contributed by atoms with Crippen molar-refractivity contribution in [3.05, 3.63) is 58.9 Å². The molecule has 1 amide bonds. The number of likely N-dealkylation sites (N-methyl/N-ethyl adjacent to an activating group) is 1. The molecule has 0 atom stereocenters. The molecule has 0 aliphatic carbocycles. The van der Waals surface area contributed by atoms with Crippen LogP contribution >= 0.6 is 0 Å². The number of fused-ring (bicyclic) bond motifs is 1. The van der Waals surface area contributed by atoms with Crippen molar-refractivity contribution < 1.29 is 9.18 Å². The Kier molecular flexibility index (Phi) is 4.95. The zero-order valence-electron chi connectivity index (χ0n) is 15.7. The molecular formula is C20H22FN5O2. The molecule has 1 aliphatic heterocycles. The molecule has 1 fully saturated rings. The minimum absolute atomic E-state index is 0.0698. The first-order chi connectivity index (χ1) is 13.5. The van der Waals surface area contributed by atoms with Gasteiger partial charge in [-0.1, -0.05) is 0 Å². The fourth-order valence-electron chi connectivity index (χ4n) is 3.39. The maximum atomic E-state index is 13.1. The maximum Gasteiger partial charge on any atom is 0.276 e. The van der Waals surface area contributed by atoms with Gasteiger partial charge in [-0.3, -0.25) is 9.59 Å². The number of rotatable bonds is 4. The SMILES string of the molecule is CN1CCN(C(=O)CCn2ccn3nc(-c4ccc(F)cc4)cc3c2=O)CC1. The van der Waals surface area contributed by atoms with E-state index in [4.69, 9.17) is 0 Å². The van der Waals surface area contributed by atoms with E-state index in [-0.39, 0.29) is 17.3 Å². The Hall–Kier alpha value is -3.00. The average Bonchev–Trinajstić information content (AvgIpc) is 3.13. The van der Waals surface area contributed by atoms with Crippen molar-refractivity contribution in [2.24, 2.45) is 0 Å². The van der Waals surface area contributed by atoms with Crippen LogP contribution in [0.5, 0.6) is 0 Å². The standard InChI is InChI=1S/C20H22FN5O2/c1-23-8-10-24(11-9-23)19(27)6-7-25-12-13-26-18(20(25)28)14-17(22-26)15-2-4-16(21)5-3-15/h2-5,12-14H,6-11H2,1H3. The minimum atomic E-state index is -0.320. The largest absolute Gasteiger partial charge is 0.340 e. The number of carbonyl (C=O) groups excluding carboxylic acids is 1. The fraction of sp³-hybridized carbons (Fsp3) is 0.350. The third-order valence-electron chi connectivity index (χ3n) is 5.17. The van der Waals surface area contributed by atoms with Crippen LogP contribution in [0.25, 0.3) is 16.8 Å². The van der Waals surface area contributed by atoms with Gasteiger partial charge in [-0.15, -0.1) is 0 Å². The van der Waals surface area contributed by atoms with Crippen LogP contribution in [0.1, 0.15) is 6.42 Å². The molecule has 0 bridgehead atoms. The second-order valence-corrected chi connectivity index (χ2v) is 7.10. The van der Waals surface area contributed by atoms with Gasteiger partial charge in [0.2, 0.25) is 5.91 Å². The molecule has 1 aliphatic rings. The van der Waals surface area contributed by atoms with Crippen LogP contribution in [-0.4, -0.2) is 63.1 Å². The van der Waals surface area contributed by atoms with Crippen molar-refractivity contribution in [2.75, 3.05) is 33.2 Å². The van der Waals surface area contributed by atoms with Crippen molar-refractivity contribution in [3.63, 3.8) is 0 Å². The van der Waals surface area contributed by atoms with Crippen LogP contribution in [0, 0.1) is 5.82 Å². The van der Waals surface area contributed by atoms with Crippen molar-refractivity contribution in [1.29, 1.82) is 0 Å². The van der Waals surface area contributed by atoms with Crippen LogP contribution < -0.4 is 5.56 Å². The van der Waals surface area contributed by atoms with E-state index in [2.05, 4.69) is 10.00 Å². The fourth-order valence-corrected chi connectivity index (χ4v) is 3.39. The Balaban J connectivity index is 1.50. The first-order valence-corrected chi connectivity index (χ1v) is 9.32. The summed E-state index contributed by atoms with van der Waals surface area (Å²) in [5.74, 6) is -0.250. The summed E-state index contributed by atoms with van der Waals surface area (Å²) in [5.41, 5.74) is 1.56. The monoisotopic (exact) mass is 383 g/mol. The molecule has 0 unspecified atom stereocenters. The Bertz CT molecular complexity index is 1050. The topological polar surface area (TPSA) is 62.9 Å². The van der Waals surface area contributed by atoms with E-state index >= 15 is 0 Å². The molecule has 3 aromatic rings. The number of piperazine rings is 1. The summed E-state index contributed by atoms with van der Waals surface area (Å²) in [7, 11) is 2.04. The summed E-state index contributed by atoms with van der Waals surface area (Å²) in [6.07, 6.45) is 3.64. The number of amides is 1. The number of halogens is 1. The smallest absolute Gasteiger partial charge is 0.276 e. The van der Waals surface area contributed by atoms with Crippen molar-refractivity contribution >= 4 is 11.4 Å². The Morgan fingerprint density at radius 3 is 2.54 bits per heavy atom. The molecule has 28 heavy (non-hydrogen) atoms. The molecule has 7 nitrogen and oxygen atoms in total. The number of benzene rings is 1. The van der Waals surface area contributed by atoms with E-state index < -0.39 is 0 Å². The van der Waals surface area contributed by atoms with Gasteiger partial charge >= 0.3 is 0 Å². The van der Waals surface area contributed by atoms with Gasteiger partial charge < -0.3 is 14.4 Å². The predicted octanol–water partition coefficient (Wildman–Crippen LogP) is 1.47. The molecule has 1 saturated heterocycles. The second-order valence-electron chi connectivity index (χ2n) is 7.10. The molecule has 0 N–H and O–H groups in total. The van der Waals surface area contributed by atoms with Crippen LogP contribution in [-0.2, 0) is 11.3 Å². The van der Waals surface area contributed by atoms with Crippen LogP contribution in [0.15, 0.2) is 47.5 Å². The zero-order valence-corrected chi connectivity index (χ0v) is 15.7. The van der Waals surface area contributed by atoms with Gasteiger partial charge in [0.05, 0.1) is 5.69 Å². The Morgan fingerprint density at radius 2 is 1.82 bits per heavy atom. The van der Waals surface area contributed by atoms with E-state index in [1.165, 1.54) is 16.6 Å². The van der Waals surface area contributed by atoms with E-state index in [9.17, 15) is 14.0 Å². The van der Waals surface area contributed by atoms with Gasteiger partial charge in [-0.05, 0) is 37.4 Å². The molecule has 4 rings (SSSR count). The van der Waals surface area contributed by atoms with Crippen LogP contribution in [0.2, 0.25) is 0 Å². The number of aryl methyl sites for hydroxylation is 1. The number of aromatic nitrogens is 3. The highest BCUT2D eigenvalue weighted by Gasteiger charge is 2.19. The lowest BCUT2D eigenvalue weighted by Gasteiger charge is -2.32. The molecule has 8 heteroatoms. The second kappa shape index (κ2) is 7.55. The molecule has 3 heterocycles. The van der Waals surface area contributed by atoms with Crippen molar-refractivity contribution in [3.8, 4) is 11.3 Å². The summed E-state index contributed by atoms with van der Waals surface area (Å²) < 4.78 is 16.2. The van der Waals surface area contributed by atoms with Crippen LogP contribution in [0.4, 0.5) is 4.39 Å². The Labute approximate surface area is 161 Å². The average molecular weight is 383 g/mol. The van der Waals surface area contributed by atoms with Gasteiger partial charge in [0.1, 0.15) is 11.3 Å². The molecular weight excluding hydrogens is 361 g/mol. The van der Waals surface area contributed by atoms with E-state index in [1.807, 2.05) is 11.9 Å². The highest BCUT2D eigenvalue weighted by Crippen LogP contribution is 2.18. The highest BCUT2D eigenvalue weighted by molar-refractivity contribution is 5.76. The van der Waals surface area contributed by atoms with Gasteiger partial charge in [0.15, 0.2) is 0 Å². The summed E-state index contributed by atoms with van der Waals surface area (Å²) >= 11 is 0. The molecule has 2 aromatic heterocycles. The van der Waals surface area contributed by atoms with Crippen molar-refractivity contribution in [1.82, 2.24) is 24.0 Å². The quantitative estimate of drug-likeness (QED) is 0.685. The lowest BCUT2D eigenvalue weighted by atomic mass is 10.1. The normalized spacial score (nSPS) is 15.3. The highest BCUT2D eigenvalue weighted by atomic mass is 19.1. The third kappa shape index (κ3) is 3.68. The molecule has 1 aromatic carbocycles. The zero-order chi connectivity index (χ0) is 19.7. The summed E-state index contributed by atoms with van der Waals surface area (Å²) in [4.78, 5) is 29.2. The van der Waals surface area contributed by atoms with Gasteiger partial charge in [0, 0.05) is 57.1 Å². The van der Waals surface area contributed by atoms with E-state index in [0.717, 1.165) is 31.7 Å². The molecule has 0 spiro atoms. The maximum absolute atomic E-state index is 13.1. The van der Waals surface area contributed by atoms with Gasteiger partial charge in [0.25, 0.3) is 5.56 Å². The first kappa shape index (κ1) is 18.4. The lowest BCUT2D eigenvalue weighted by molar-refractivity contribution is -0.133.